The highest BCUT2D eigenvalue weighted by molar-refractivity contribution is 6.21. The van der Waals surface area contributed by atoms with Crippen LogP contribution in [-0.4, -0.2) is 21.8 Å². The van der Waals surface area contributed by atoms with Gasteiger partial charge in [-0.05, 0) is 25.1 Å². The lowest BCUT2D eigenvalue weighted by Crippen LogP contribution is -2.29. The minimum Gasteiger partial charge on any atom is -0.508 e. The fourth-order valence-corrected chi connectivity index (χ4v) is 2.39. The van der Waals surface area contributed by atoms with Gasteiger partial charge in [0.15, 0.2) is 0 Å². The summed E-state index contributed by atoms with van der Waals surface area (Å²) >= 11 is 0. The quantitative estimate of drug-likeness (QED) is 0.850. The van der Waals surface area contributed by atoms with E-state index >= 15 is 0 Å². The molecule has 1 heterocycles. The van der Waals surface area contributed by atoms with E-state index in [1.54, 1.807) is 42.5 Å². The molecular weight excluding hydrogens is 254 g/mol. The van der Waals surface area contributed by atoms with Crippen molar-refractivity contribution in [1.82, 2.24) is 4.90 Å². The summed E-state index contributed by atoms with van der Waals surface area (Å²) < 4.78 is 0. The predicted molar refractivity (Wildman–Crippen MR) is 73.5 cm³/mol. The third kappa shape index (κ3) is 1.86. The third-order valence-electron chi connectivity index (χ3n) is 3.44. The molecule has 2 aromatic carbocycles. The molecule has 2 aromatic rings. The second-order valence-electron chi connectivity index (χ2n) is 4.87. The van der Waals surface area contributed by atoms with Gasteiger partial charge in [-0.3, -0.25) is 14.5 Å². The number of phenols is 1. The molecule has 0 saturated carbocycles. The van der Waals surface area contributed by atoms with Crippen molar-refractivity contribution >= 4 is 11.8 Å². The Kier molecular flexibility index (Phi) is 2.79. The number of aryl methyl sites for hydroxylation is 1. The largest absolute Gasteiger partial charge is 0.508 e. The number of carbonyl (C=O) groups excluding carboxylic acids is 2. The number of carbonyl (C=O) groups is 2. The molecule has 0 atom stereocenters. The van der Waals surface area contributed by atoms with Gasteiger partial charge < -0.3 is 5.11 Å². The smallest absolute Gasteiger partial charge is 0.261 e. The molecular formula is C16H13NO3. The molecule has 3 rings (SSSR count). The minimum absolute atomic E-state index is 0.0832. The Morgan fingerprint density at radius 3 is 2.20 bits per heavy atom. The summed E-state index contributed by atoms with van der Waals surface area (Å²) in [6, 6.07) is 11.9. The number of imide groups is 1. The molecule has 0 aliphatic carbocycles. The maximum absolute atomic E-state index is 12.2. The van der Waals surface area contributed by atoms with Gasteiger partial charge in [0.1, 0.15) is 5.75 Å². The number of amides is 2. The summed E-state index contributed by atoms with van der Waals surface area (Å²) in [5.41, 5.74) is 2.38. The maximum Gasteiger partial charge on any atom is 0.261 e. The van der Waals surface area contributed by atoms with Crippen molar-refractivity contribution in [3.8, 4) is 5.75 Å². The molecule has 1 N–H and O–H groups in total. The monoisotopic (exact) mass is 267 g/mol. The molecule has 1 aliphatic heterocycles. The van der Waals surface area contributed by atoms with Crippen LogP contribution in [0.4, 0.5) is 0 Å². The van der Waals surface area contributed by atoms with Crippen LogP contribution in [0, 0.1) is 6.92 Å². The zero-order valence-electron chi connectivity index (χ0n) is 11.0. The first-order valence-electron chi connectivity index (χ1n) is 6.31. The number of phenolic OH excluding ortho intramolecular Hbond substituents is 1. The average molecular weight is 267 g/mol. The maximum atomic E-state index is 12.2. The first-order valence-corrected chi connectivity index (χ1v) is 6.31. The number of nitrogens with zero attached hydrogens (tertiary/aromatic N) is 1. The van der Waals surface area contributed by atoms with Crippen LogP contribution in [0.3, 0.4) is 0 Å². The molecule has 100 valence electrons. The molecule has 0 fully saturated rings. The zero-order valence-corrected chi connectivity index (χ0v) is 11.0. The summed E-state index contributed by atoms with van der Waals surface area (Å²) in [4.78, 5) is 25.6. The Balaban J connectivity index is 1.96. The molecule has 2 amide bonds. The van der Waals surface area contributed by atoms with Crippen LogP contribution in [0.1, 0.15) is 31.8 Å². The molecule has 4 heteroatoms. The molecule has 0 radical (unpaired) electrons. The van der Waals surface area contributed by atoms with Gasteiger partial charge in [0, 0.05) is 5.56 Å². The molecule has 20 heavy (non-hydrogen) atoms. The topological polar surface area (TPSA) is 57.6 Å². The Labute approximate surface area is 116 Å². The average Bonchev–Trinajstić information content (AvgIpc) is 2.68. The second-order valence-corrected chi connectivity index (χ2v) is 4.87. The second kappa shape index (κ2) is 4.49. The molecule has 0 spiro atoms. The van der Waals surface area contributed by atoms with Gasteiger partial charge in [0.25, 0.3) is 11.8 Å². The molecule has 1 aliphatic rings. The SMILES string of the molecule is Cc1ccc(O)c(CN2C(=O)c3ccccc3C2=O)c1. The van der Waals surface area contributed by atoms with E-state index in [2.05, 4.69) is 0 Å². The normalized spacial score (nSPS) is 13.8. The molecule has 0 unspecified atom stereocenters. The molecule has 0 saturated heterocycles. The summed E-state index contributed by atoms with van der Waals surface area (Å²) in [6.45, 7) is 1.98. The van der Waals surface area contributed by atoms with E-state index in [1.807, 2.05) is 6.92 Å². The fourth-order valence-electron chi connectivity index (χ4n) is 2.39. The Morgan fingerprint density at radius 1 is 1.00 bits per heavy atom. The lowest BCUT2D eigenvalue weighted by Gasteiger charge is -2.15. The molecule has 4 nitrogen and oxygen atoms in total. The highest BCUT2D eigenvalue weighted by Crippen LogP contribution is 2.27. The number of rotatable bonds is 2. The minimum atomic E-state index is -0.313. The van der Waals surface area contributed by atoms with Gasteiger partial charge >= 0.3 is 0 Å². The lowest BCUT2D eigenvalue weighted by molar-refractivity contribution is 0.0641. The first kappa shape index (κ1) is 12.4. The van der Waals surface area contributed by atoms with Crippen LogP contribution < -0.4 is 0 Å². The van der Waals surface area contributed by atoms with E-state index in [4.69, 9.17) is 0 Å². The van der Waals surface area contributed by atoms with E-state index in [1.165, 1.54) is 4.90 Å². The van der Waals surface area contributed by atoms with E-state index in [0.717, 1.165) is 5.56 Å². The van der Waals surface area contributed by atoms with E-state index in [-0.39, 0.29) is 24.1 Å². The van der Waals surface area contributed by atoms with Crippen LogP contribution in [0.15, 0.2) is 42.5 Å². The van der Waals surface area contributed by atoms with Crippen molar-refractivity contribution in [2.75, 3.05) is 0 Å². The van der Waals surface area contributed by atoms with Gasteiger partial charge in [-0.1, -0.05) is 29.8 Å². The van der Waals surface area contributed by atoms with Crippen molar-refractivity contribution in [1.29, 1.82) is 0 Å². The van der Waals surface area contributed by atoms with Gasteiger partial charge in [0.05, 0.1) is 17.7 Å². The summed E-state index contributed by atoms with van der Waals surface area (Å²) in [5.74, 6) is -0.537. The standard InChI is InChI=1S/C16H13NO3/c1-10-6-7-14(18)11(8-10)9-17-15(19)12-4-2-3-5-13(12)16(17)20/h2-8,18H,9H2,1H3. The van der Waals surface area contributed by atoms with Crippen molar-refractivity contribution in [2.45, 2.75) is 13.5 Å². The Hall–Kier alpha value is -2.62. The number of fused-ring (bicyclic) bond motifs is 1. The van der Waals surface area contributed by atoms with E-state index in [0.29, 0.717) is 16.7 Å². The number of benzene rings is 2. The first-order chi connectivity index (χ1) is 9.58. The van der Waals surface area contributed by atoms with Gasteiger partial charge in [-0.15, -0.1) is 0 Å². The van der Waals surface area contributed by atoms with Crippen molar-refractivity contribution in [2.24, 2.45) is 0 Å². The van der Waals surface area contributed by atoms with Crippen LogP contribution in [0.25, 0.3) is 0 Å². The third-order valence-corrected chi connectivity index (χ3v) is 3.44. The van der Waals surface area contributed by atoms with Gasteiger partial charge in [0.2, 0.25) is 0 Å². The number of hydrogen-bond donors (Lipinski definition) is 1. The lowest BCUT2D eigenvalue weighted by atomic mass is 10.1. The fraction of sp³-hybridized carbons (Fsp3) is 0.125. The Bertz CT molecular complexity index is 686. The molecule has 0 bridgehead atoms. The summed E-state index contributed by atoms with van der Waals surface area (Å²) in [7, 11) is 0. The summed E-state index contributed by atoms with van der Waals surface area (Å²) in [5, 5.41) is 9.84. The van der Waals surface area contributed by atoms with E-state index < -0.39 is 0 Å². The van der Waals surface area contributed by atoms with Gasteiger partial charge in [-0.25, -0.2) is 0 Å². The number of aromatic hydroxyl groups is 1. The zero-order chi connectivity index (χ0) is 14.3. The van der Waals surface area contributed by atoms with Crippen molar-refractivity contribution in [3.05, 3.63) is 64.7 Å². The number of hydrogen-bond acceptors (Lipinski definition) is 3. The van der Waals surface area contributed by atoms with Crippen molar-refractivity contribution in [3.63, 3.8) is 0 Å². The molecule has 0 aromatic heterocycles. The van der Waals surface area contributed by atoms with Crippen LogP contribution >= 0.6 is 0 Å². The van der Waals surface area contributed by atoms with Crippen molar-refractivity contribution < 1.29 is 14.7 Å². The highest BCUT2D eigenvalue weighted by atomic mass is 16.3. The van der Waals surface area contributed by atoms with Crippen LogP contribution in [-0.2, 0) is 6.54 Å². The predicted octanol–water partition coefficient (Wildman–Crippen LogP) is 2.50. The van der Waals surface area contributed by atoms with Crippen LogP contribution in [0.5, 0.6) is 5.75 Å². The Morgan fingerprint density at radius 2 is 1.60 bits per heavy atom. The van der Waals surface area contributed by atoms with Crippen LogP contribution in [0.2, 0.25) is 0 Å². The van der Waals surface area contributed by atoms with Gasteiger partial charge in [-0.2, -0.15) is 0 Å². The highest BCUT2D eigenvalue weighted by Gasteiger charge is 2.35. The summed E-state index contributed by atoms with van der Waals surface area (Å²) in [6.07, 6.45) is 0. The van der Waals surface area contributed by atoms with E-state index in [9.17, 15) is 14.7 Å².